The summed E-state index contributed by atoms with van der Waals surface area (Å²) in [5, 5.41) is 0. The van der Waals surface area contributed by atoms with Crippen LogP contribution in [0.3, 0.4) is 0 Å². The van der Waals surface area contributed by atoms with E-state index in [0.717, 1.165) is 16.9 Å². The minimum atomic E-state index is -0.234. The molecule has 0 heterocycles. The maximum Gasteiger partial charge on any atom is 0.314 e. The van der Waals surface area contributed by atoms with E-state index in [0.29, 0.717) is 24.3 Å². The van der Waals surface area contributed by atoms with Gasteiger partial charge in [0.15, 0.2) is 0 Å². The SMILES string of the molecule is CCC(=O)CCSCC(C)C(=O)Oc1ccc(-c2ccccc2)cc1. The third kappa shape index (κ3) is 6.39. The topological polar surface area (TPSA) is 43.4 Å². The van der Waals surface area contributed by atoms with Gasteiger partial charge in [-0.25, -0.2) is 0 Å². The second-order valence-electron chi connectivity index (χ2n) is 5.93. The summed E-state index contributed by atoms with van der Waals surface area (Å²) < 4.78 is 5.45. The lowest BCUT2D eigenvalue weighted by molar-refractivity contribution is -0.137. The third-order valence-electron chi connectivity index (χ3n) is 3.87. The Balaban J connectivity index is 1.80. The molecule has 25 heavy (non-hydrogen) atoms. The first kappa shape index (κ1) is 19.3. The van der Waals surface area contributed by atoms with Crippen molar-refractivity contribution in [2.75, 3.05) is 11.5 Å². The molecule has 2 aromatic carbocycles. The number of hydrogen-bond acceptors (Lipinski definition) is 4. The molecule has 0 bridgehead atoms. The molecule has 3 nitrogen and oxygen atoms in total. The maximum absolute atomic E-state index is 12.1. The Morgan fingerprint density at radius 3 is 2.28 bits per heavy atom. The zero-order valence-corrected chi connectivity index (χ0v) is 15.6. The van der Waals surface area contributed by atoms with E-state index in [2.05, 4.69) is 0 Å². The fourth-order valence-electron chi connectivity index (χ4n) is 2.25. The molecular weight excluding hydrogens is 332 g/mol. The van der Waals surface area contributed by atoms with Crippen molar-refractivity contribution in [2.45, 2.75) is 26.7 Å². The Morgan fingerprint density at radius 2 is 1.64 bits per heavy atom. The highest BCUT2D eigenvalue weighted by atomic mass is 32.2. The highest BCUT2D eigenvalue weighted by Gasteiger charge is 2.15. The lowest BCUT2D eigenvalue weighted by Gasteiger charge is -2.11. The van der Waals surface area contributed by atoms with Gasteiger partial charge >= 0.3 is 5.97 Å². The standard InChI is InChI=1S/C21H24O3S/c1-3-19(22)13-14-25-15-16(2)21(23)24-20-11-9-18(10-12-20)17-7-5-4-6-8-17/h4-12,16H,3,13-15H2,1-2H3. The minimum Gasteiger partial charge on any atom is -0.426 e. The van der Waals surface area contributed by atoms with Crippen molar-refractivity contribution >= 4 is 23.5 Å². The smallest absolute Gasteiger partial charge is 0.314 e. The largest absolute Gasteiger partial charge is 0.426 e. The number of ketones is 1. The highest BCUT2D eigenvalue weighted by Crippen LogP contribution is 2.23. The van der Waals surface area contributed by atoms with Crippen LogP contribution < -0.4 is 4.74 Å². The molecule has 4 heteroatoms. The molecule has 0 radical (unpaired) electrons. The predicted octanol–water partition coefficient (Wildman–Crippen LogP) is 5.00. The lowest BCUT2D eigenvalue weighted by atomic mass is 10.1. The number of carbonyl (C=O) groups is 2. The number of Topliss-reactive ketones (excluding diaryl/α,β-unsaturated/α-hetero) is 1. The van der Waals surface area contributed by atoms with E-state index in [1.54, 1.807) is 11.8 Å². The molecular formula is C21H24O3S. The number of benzene rings is 2. The monoisotopic (exact) mass is 356 g/mol. The Morgan fingerprint density at radius 1 is 1.00 bits per heavy atom. The molecule has 2 rings (SSSR count). The van der Waals surface area contributed by atoms with Crippen LogP contribution in [0.2, 0.25) is 0 Å². The first-order valence-electron chi connectivity index (χ1n) is 8.56. The Bertz CT molecular complexity index is 680. The summed E-state index contributed by atoms with van der Waals surface area (Å²) in [4.78, 5) is 23.4. The van der Waals surface area contributed by atoms with Crippen molar-refractivity contribution in [3.8, 4) is 16.9 Å². The first-order chi connectivity index (χ1) is 12.1. The molecule has 132 valence electrons. The summed E-state index contributed by atoms with van der Waals surface area (Å²) in [6.45, 7) is 3.73. The van der Waals surface area contributed by atoms with E-state index in [1.807, 2.05) is 68.4 Å². The molecule has 0 fully saturated rings. The van der Waals surface area contributed by atoms with E-state index >= 15 is 0 Å². The Kier molecular flexibility index (Phi) is 7.74. The van der Waals surface area contributed by atoms with Gasteiger partial charge in [-0.05, 0) is 23.3 Å². The van der Waals surface area contributed by atoms with Crippen LogP contribution in [0.15, 0.2) is 54.6 Å². The molecule has 0 amide bonds. The van der Waals surface area contributed by atoms with Crippen LogP contribution in [0.25, 0.3) is 11.1 Å². The molecule has 0 saturated heterocycles. The van der Waals surface area contributed by atoms with Gasteiger partial charge in [0.25, 0.3) is 0 Å². The molecule has 0 N–H and O–H groups in total. The van der Waals surface area contributed by atoms with Gasteiger partial charge in [0.1, 0.15) is 11.5 Å². The Hall–Kier alpha value is -2.07. The van der Waals surface area contributed by atoms with Crippen LogP contribution in [-0.4, -0.2) is 23.3 Å². The number of rotatable bonds is 9. The molecule has 0 spiro atoms. The van der Waals surface area contributed by atoms with Crippen LogP contribution in [0.5, 0.6) is 5.75 Å². The fourth-order valence-corrected chi connectivity index (χ4v) is 3.28. The van der Waals surface area contributed by atoms with Crippen molar-refractivity contribution in [3.63, 3.8) is 0 Å². The summed E-state index contributed by atoms with van der Waals surface area (Å²) in [6.07, 6.45) is 1.15. The fraction of sp³-hybridized carbons (Fsp3) is 0.333. The molecule has 0 aliphatic rings. The summed E-state index contributed by atoms with van der Waals surface area (Å²) in [5.74, 6) is 1.81. The van der Waals surface area contributed by atoms with Crippen LogP contribution in [0.4, 0.5) is 0 Å². The van der Waals surface area contributed by atoms with E-state index in [9.17, 15) is 9.59 Å². The second-order valence-corrected chi connectivity index (χ2v) is 7.08. The van der Waals surface area contributed by atoms with Gasteiger partial charge in [-0.3, -0.25) is 9.59 Å². The molecule has 1 atom stereocenters. The number of thioether (sulfide) groups is 1. The van der Waals surface area contributed by atoms with Crippen molar-refractivity contribution in [1.29, 1.82) is 0 Å². The first-order valence-corrected chi connectivity index (χ1v) is 9.72. The van der Waals surface area contributed by atoms with E-state index in [1.165, 1.54) is 0 Å². The maximum atomic E-state index is 12.1. The zero-order valence-electron chi connectivity index (χ0n) is 14.7. The molecule has 0 aromatic heterocycles. The van der Waals surface area contributed by atoms with Crippen LogP contribution in [0, 0.1) is 5.92 Å². The normalized spacial score (nSPS) is 11.8. The summed E-state index contributed by atoms with van der Waals surface area (Å²) >= 11 is 1.62. The van der Waals surface area contributed by atoms with Gasteiger partial charge in [-0.1, -0.05) is 56.3 Å². The lowest BCUT2D eigenvalue weighted by Crippen LogP contribution is -2.20. The van der Waals surface area contributed by atoms with Crippen LogP contribution in [0.1, 0.15) is 26.7 Å². The molecule has 1 unspecified atom stereocenters. The Labute approximate surface area is 153 Å². The second kappa shape index (κ2) is 10.0. The van der Waals surface area contributed by atoms with Crippen LogP contribution in [-0.2, 0) is 9.59 Å². The quantitative estimate of drug-likeness (QED) is 0.360. The predicted molar refractivity (Wildman–Crippen MR) is 104 cm³/mol. The average Bonchev–Trinajstić information content (AvgIpc) is 2.66. The van der Waals surface area contributed by atoms with Gasteiger partial charge in [0.05, 0.1) is 5.92 Å². The molecule has 0 aliphatic carbocycles. The van der Waals surface area contributed by atoms with Crippen molar-refractivity contribution in [3.05, 3.63) is 54.6 Å². The number of carbonyl (C=O) groups excluding carboxylic acids is 2. The average molecular weight is 356 g/mol. The molecule has 0 aliphatic heterocycles. The van der Waals surface area contributed by atoms with Gasteiger partial charge in [0.2, 0.25) is 0 Å². The van der Waals surface area contributed by atoms with Crippen molar-refractivity contribution in [2.24, 2.45) is 5.92 Å². The van der Waals surface area contributed by atoms with Gasteiger partial charge < -0.3 is 4.74 Å². The van der Waals surface area contributed by atoms with Gasteiger partial charge in [0, 0.05) is 24.3 Å². The molecule has 0 saturated carbocycles. The van der Waals surface area contributed by atoms with E-state index in [-0.39, 0.29) is 17.7 Å². The number of hydrogen-bond donors (Lipinski definition) is 0. The molecule has 2 aromatic rings. The van der Waals surface area contributed by atoms with Gasteiger partial charge in [-0.15, -0.1) is 0 Å². The third-order valence-corrected chi connectivity index (χ3v) is 5.10. The number of esters is 1. The van der Waals surface area contributed by atoms with Gasteiger partial charge in [-0.2, -0.15) is 11.8 Å². The van der Waals surface area contributed by atoms with Crippen molar-refractivity contribution < 1.29 is 14.3 Å². The highest BCUT2D eigenvalue weighted by molar-refractivity contribution is 7.99. The minimum absolute atomic E-state index is 0.199. The van der Waals surface area contributed by atoms with Crippen LogP contribution >= 0.6 is 11.8 Å². The summed E-state index contributed by atoms with van der Waals surface area (Å²) in [5.41, 5.74) is 2.22. The van der Waals surface area contributed by atoms with E-state index < -0.39 is 0 Å². The van der Waals surface area contributed by atoms with E-state index in [4.69, 9.17) is 4.74 Å². The summed E-state index contributed by atoms with van der Waals surface area (Å²) in [6, 6.07) is 17.6. The van der Waals surface area contributed by atoms with Crippen molar-refractivity contribution in [1.82, 2.24) is 0 Å². The number of ether oxygens (including phenoxy) is 1. The summed E-state index contributed by atoms with van der Waals surface area (Å²) in [7, 11) is 0. The zero-order chi connectivity index (χ0) is 18.1.